The third-order valence-corrected chi connectivity index (χ3v) is 4.50. The van der Waals surface area contributed by atoms with Crippen molar-refractivity contribution in [3.8, 4) is 5.75 Å². The van der Waals surface area contributed by atoms with Gasteiger partial charge in [-0.1, -0.05) is 29.8 Å². The van der Waals surface area contributed by atoms with E-state index in [-0.39, 0.29) is 5.91 Å². The van der Waals surface area contributed by atoms with Crippen molar-refractivity contribution in [2.45, 2.75) is 52.5 Å². The van der Waals surface area contributed by atoms with Gasteiger partial charge in [-0.3, -0.25) is 9.69 Å². The maximum atomic E-state index is 12.8. The second kappa shape index (κ2) is 8.33. The van der Waals surface area contributed by atoms with E-state index in [1.807, 2.05) is 51.1 Å². The van der Waals surface area contributed by atoms with E-state index in [2.05, 4.69) is 5.32 Å². The van der Waals surface area contributed by atoms with Crippen molar-refractivity contribution in [2.24, 2.45) is 0 Å². The zero-order valence-corrected chi connectivity index (χ0v) is 17.7. The van der Waals surface area contributed by atoms with Crippen LogP contribution in [0.4, 0.5) is 10.5 Å². The molecule has 2 aromatic rings. The Hall–Kier alpha value is -2.73. The summed E-state index contributed by atoms with van der Waals surface area (Å²) in [4.78, 5) is 26.3. The number of hydrogen-bond acceptors (Lipinski definition) is 4. The first-order chi connectivity index (χ1) is 13.6. The SMILES string of the molecule is CC1Oc2ccc(CN(Cc3cccc(Cl)c3)C(=O)OC(C)(C)C)cc2NC1=O. The fourth-order valence-electron chi connectivity index (χ4n) is 2.94. The average Bonchev–Trinajstić information content (AvgIpc) is 2.61. The highest BCUT2D eigenvalue weighted by molar-refractivity contribution is 6.30. The summed E-state index contributed by atoms with van der Waals surface area (Å²) in [5.41, 5.74) is 1.72. The lowest BCUT2D eigenvalue weighted by atomic mass is 10.1. The van der Waals surface area contributed by atoms with Crippen LogP contribution < -0.4 is 10.1 Å². The van der Waals surface area contributed by atoms with Gasteiger partial charge in [0.25, 0.3) is 5.91 Å². The highest BCUT2D eigenvalue weighted by atomic mass is 35.5. The Kier molecular flexibility index (Phi) is 6.03. The van der Waals surface area contributed by atoms with Gasteiger partial charge in [0.1, 0.15) is 11.4 Å². The fourth-order valence-corrected chi connectivity index (χ4v) is 3.15. The van der Waals surface area contributed by atoms with E-state index in [0.29, 0.717) is 29.5 Å². The van der Waals surface area contributed by atoms with Gasteiger partial charge in [-0.15, -0.1) is 0 Å². The molecule has 0 radical (unpaired) electrons. The summed E-state index contributed by atoms with van der Waals surface area (Å²) in [5.74, 6) is 0.414. The molecule has 6 nitrogen and oxygen atoms in total. The Morgan fingerprint density at radius 2 is 1.86 bits per heavy atom. The van der Waals surface area contributed by atoms with Crippen LogP contribution in [0.25, 0.3) is 0 Å². The van der Waals surface area contributed by atoms with Gasteiger partial charge in [0.05, 0.1) is 5.69 Å². The number of carbonyl (C=O) groups excluding carboxylic acids is 2. The number of nitrogens with one attached hydrogen (secondary N) is 1. The summed E-state index contributed by atoms with van der Waals surface area (Å²) in [6.07, 6.45) is -0.960. The Morgan fingerprint density at radius 1 is 1.17 bits per heavy atom. The molecule has 7 heteroatoms. The Labute approximate surface area is 175 Å². The molecule has 0 spiro atoms. The van der Waals surface area contributed by atoms with Crippen LogP contribution in [0.2, 0.25) is 5.02 Å². The molecule has 0 saturated heterocycles. The first kappa shape index (κ1) is 21.0. The lowest BCUT2D eigenvalue weighted by Gasteiger charge is -2.28. The van der Waals surface area contributed by atoms with Crippen molar-refractivity contribution in [3.05, 3.63) is 58.6 Å². The molecule has 0 saturated carbocycles. The standard InChI is InChI=1S/C22H25ClN2O4/c1-14-20(26)24-18-11-16(8-9-19(18)28-14)13-25(21(27)29-22(2,3)4)12-15-6-5-7-17(23)10-15/h5-11,14H,12-13H2,1-4H3,(H,24,26). The molecular weight excluding hydrogens is 392 g/mol. The maximum Gasteiger partial charge on any atom is 0.410 e. The minimum atomic E-state index is -0.614. The van der Waals surface area contributed by atoms with E-state index in [9.17, 15) is 9.59 Å². The molecule has 1 aliphatic heterocycles. The second-order valence-corrected chi connectivity index (χ2v) is 8.48. The summed E-state index contributed by atoms with van der Waals surface area (Å²) < 4.78 is 11.2. The van der Waals surface area contributed by atoms with Crippen molar-refractivity contribution in [3.63, 3.8) is 0 Å². The molecule has 0 aliphatic carbocycles. The monoisotopic (exact) mass is 416 g/mol. The van der Waals surface area contributed by atoms with E-state index in [4.69, 9.17) is 21.1 Å². The van der Waals surface area contributed by atoms with Crippen LogP contribution in [0.1, 0.15) is 38.8 Å². The van der Waals surface area contributed by atoms with E-state index >= 15 is 0 Å². The van der Waals surface area contributed by atoms with Gasteiger partial charge in [-0.25, -0.2) is 4.79 Å². The molecule has 0 bridgehead atoms. The predicted octanol–water partition coefficient (Wildman–Crippen LogP) is 5.00. The Balaban J connectivity index is 1.83. The topological polar surface area (TPSA) is 67.9 Å². The highest BCUT2D eigenvalue weighted by Gasteiger charge is 2.26. The number of halogens is 1. The average molecular weight is 417 g/mol. The number of rotatable bonds is 4. The molecule has 0 fully saturated rings. The number of hydrogen-bond donors (Lipinski definition) is 1. The highest BCUT2D eigenvalue weighted by Crippen LogP contribution is 2.31. The number of benzene rings is 2. The minimum Gasteiger partial charge on any atom is -0.479 e. The second-order valence-electron chi connectivity index (χ2n) is 8.05. The molecular formula is C22H25ClN2O4. The van der Waals surface area contributed by atoms with Crippen molar-refractivity contribution < 1.29 is 19.1 Å². The van der Waals surface area contributed by atoms with Crippen LogP contribution in [0.3, 0.4) is 0 Å². The van der Waals surface area contributed by atoms with Crippen LogP contribution >= 0.6 is 11.6 Å². The van der Waals surface area contributed by atoms with E-state index < -0.39 is 17.8 Å². The first-order valence-corrected chi connectivity index (χ1v) is 9.81. The molecule has 1 heterocycles. The van der Waals surface area contributed by atoms with Crippen LogP contribution in [0.15, 0.2) is 42.5 Å². The fraction of sp³-hybridized carbons (Fsp3) is 0.364. The Bertz CT molecular complexity index is 923. The van der Waals surface area contributed by atoms with E-state index in [1.54, 1.807) is 24.0 Å². The largest absolute Gasteiger partial charge is 0.479 e. The van der Waals surface area contributed by atoms with Gasteiger partial charge in [0.15, 0.2) is 6.10 Å². The van der Waals surface area contributed by atoms with Crippen molar-refractivity contribution in [1.82, 2.24) is 4.90 Å². The van der Waals surface area contributed by atoms with Crippen LogP contribution in [-0.4, -0.2) is 28.6 Å². The molecule has 29 heavy (non-hydrogen) atoms. The summed E-state index contributed by atoms with van der Waals surface area (Å²) in [5, 5.41) is 3.44. The summed E-state index contributed by atoms with van der Waals surface area (Å²) in [6.45, 7) is 7.83. The summed E-state index contributed by atoms with van der Waals surface area (Å²) in [6, 6.07) is 12.8. The molecule has 3 rings (SSSR count). The van der Waals surface area contributed by atoms with Gasteiger partial charge >= 0.3 is 6.09 Å². The number of ether oxygens (including phenoxy) is 2. The normalized spacial score (nSPS) is 15.8. The van der Waals surface area contributed by atoms with E-state index in [0.717, 1.165) is 11.1 Å². The molecule has 1 N–H and O–H groups in total. The molecule has 2 amide bonds. The zero-order chi connectivity index (χ0) is 21.2. The van der Waals surface area contributed by atoms with Crippen LogP contribution in [0, 0.1) is 0 Å². The van der Waals surface area contributed by atoms with Gasteiger partial charge in [-0.2, -0.15) is 0 Å². The maximum absolute atomic E-state index is 12.8. The molecule has 154 valence electrons. The number of fused-ring (bicyclic) bond motifs is 1. The van der Waals surface area contributed by atoms with Gasteiger partial charge < -0.3 is 14.8 Å². The van der Waals surface area contributed by atoms with Crippen molar-refractivity contribution in [1.29, 1.82) is 0 Å². The van der Waals surface area contributed by atoms with Crippen LogP contribution in [-0.2, 0) is 22.6 Å². The third-order valence-electron chi connectivity index (χ3n) is 4.26. The van der Waals surface area contributed by atoms with Gasteiger partial charge in [0, 0.05) is 18.1 Å². The Morgan fingerprint density at radius 3 is 2.52 bits per heavy atom. The predicted molar refractivity (Wildman–Crippen MR) is 112 cm³/mol. The van der Waals surface area contributed by atoms with Gasteiger partial charge in [-0.05, 0) is 63.1 Å². The lowest BCUT2D eigenvalue weighted by molar-refractivity contribution is -0.122. The quantitative estimate of drug-likeness (QED) is 0.761. The van der Waals surface area contributed by atoms with Crippen LogP contribution in [0.5, 0.6) is 5.75 Å². The number of nitrogens with zero attached hydrogens (tertiary/aromatic N) is 1. The lowest BCUT2D eigenvalue weighted by Crippen LogP contribution is -2.36. The minimum absolute atomic E-state index is 0.197. The molecule has 0 aromatic heterocycles. The van der Waals surface area contributed by atoms with Crippen molar-refractivity contribution >= 4 is 29.3 Å². The van der Waals surface area contributed by atoms with Crippen molar-refractivity contribution in [2.75, 3.05) is 5.32 Å². The molecule has 1 unspecified atom stereocenters. The molecule has 2 aromatic carbocycles. The smallest absolute Gasteiger partial charge is 0.410 e. The van der Waals surface area contributed by atoms with Gasteiger partial charge in [0.2, 0.25) is 0 Å². The summed E-state index contributed by atoms with van der Waals surface area (Å²) >= 11 is 6.09. The number of carbonyl (C=O) groups is 2. The summed E-state index contributed by atoms with van der Waals surface area (Å²) in [7, 11) is 0. The molecule has 1 aliphatic rings. The zero-order valence-electron chi connectivity index (χ0n) is 17.0. The molecule has 1 atom stereocenters. The first-order valence-electron chi connectivity index (χ1n) is 9.43. The van der Waals surface area contributed by atoms with E-state index in [1.165, 1.54) is 0 Å². The number of anilines is 1. The third kappa shape index (κ3) is 5.64. The number of amides is 2.